The highest BCUT2D eigenvalue weighted by atomic mass is 16.1. The van der Waals surface area contributed by atoms with Crippen LogP contribution < -0.4 is 11.0 Å². The Bertz CT molecular complexity index is 600. The predicted molar refractivity (Wildman–Crippen MR) is 81.1 cm³/mol. The van der Waals surface area contributed by atoms with Gasteiger partial charge in [0.1, 0.15) is 5.82 Å². The van der Waals surface area contributed by atoms with Gasteiger partial charge in [-0.3, -0.25) is 9.13 Å². The molecule has 1 N–H and O–H groups in total. The quantitative estimate of drug-likeness (QED) is 0.843. The third-order valence-electron chi connectivity index (χ3n) is 3.12. The summed E-state index contributed by atoms with van der Waals surface area (Å²) in [7, 11) is 0. The Morgan fingerprint density at radius 2 is 2.00 bits per heavy atom. The molecule has 0 amide bonds. The molecule has 0 bridgehead atoms. The van der Waals surface area contributed by atoms with Gasteiger partial charge in [0.15, 0.2) is 0 Å². The van der Waals surface area contributed by atoms with E-state index in [0.717, 1.165) is 37.3 Å². The molecule has 5 nitrogen and oxygen atoms in total. The minimum absolute atomic E-state index is 0.0479. The van der Waals surface area contributed by atoms with Crippen LogP contribution in [0.4, 0.5) is 5.82 Å². The average molecular weight is 274 g/mol. The van der Waals surface area contributed by atoms with Crippen molar-refractivity contribution in [2.24, 2.45) is 0 Å². The number of aryl methyl sites for hydroxylation is 1. The van der Waals surface area contributed by atoms with Crippen LogP contribution in [0.2, 0.25) is 0 Å². The monoisotopic (exact) mass is 274 g/mol. The van der Waals surface area contributed by atoms with E-state index in [1.165, 1.54) is 0 Å². The largest absolute Gasteiger partial charge is 0.370 e. The first kappa shape index (κ1) is 14.4. The summed E-state index contributed by atoms with van der Waals surface area (Å²) >= 11 is 0. The van der Waals surface area contributed by atoms with Crippen molar-refractivity contribution in [3.05, 3.63) is 46.8 Å². The summed E-state index contributed by atoms with van der Waals surface area (Å²) in [4.78, 5) is 16.4. The number of hydrogen-bond donors (Lipinski definition) is 1. The zero-order valence-corrected chi connectivity index (χ0v) is 12.2. The van der Waals surface area contributed by atoms with Gasteiger partial charge in [0, 0.05) is 31.7 Å². The summed E-state index contributed by atoms with van der Waals surface area (Å²) in [6, 6.07) is 3.94. The molecule has 2 heterocycles. The van der Waals surface area contributed by atoms with E-state index in [1.54, 1.807) is 15.3 Å². The van der Waals surface area contributed by atoms with Crippen LogP contribution in [-0.4, -0.2) is 20.7 Å². The highest BCUT2D eigenvalue weighted by molar-refractivity contribution is 5.37. The van der Waals surface area contributed by atoms with E-state index >= 15 is 0 Å². The van der Waals surface area contributed by atoms with Crippen LogP contribution in [0.15, 0.2) is 35.5 Å². The van der Waals surface area contributed by atoms with Gasteiger partial charge in [-0.2, -0.15) is 0 Å². The summed E-state index contributed by atoms with van der Waals surface area (Å²) in [5, 5.41) is 3.26. The molecule has 0 aliphatic rings. The molecule has 0 radical (unpaired) electrons. The summed E-state index contributed by atoms with van der Waals surface area (Å²) < 4.78 is 3.48. The zero-order valence-electron chi connectivity index (χ0n) is 12.2. The molecule has 2 aromatic rings. The van der Waals surface area contributed by atoms with E-state index in [2.05, 4.69) is 24.1 Å². The fourth-order valence-corrected chi connectivity index (χ4v) is 2.10. The summed E-state index contributed by atoms with van der Waals surface area (Å²) in [5.41, 5.74) is 1.13. The molecule has 0 saturated heterocycles. The number of nitrogens with one attached hydrogen (secondary N) is 1. The standard InChI is InChI=1S/C15H22N4O/c1-3-6-16-14-11-13(5-7-17-14)12-19-10-9-18(8-4-2)15(19)20/h5,7,9-11H,3-4,6,8,12H2,1-2H3,(H,16,17). The Hall–Kier alpha value is -2.04. The fraction of sp³-hybridized carbons (Fsp3) is 0.467. The van der Waals surface area contributed by atoms with Crippen molar-refractivity contribution >= 4 is 5.82 Å². The number of rotatable bonds is 7. The number of hydrogen-bond acceptors (Lipinski definition) is 3. The van der Waals surface area contributed by atoms with Crippen molar-refractivity contribution in [1.29, 1.82) is 0 Å². The molecule has 2 rings (SSSR count). The number of pyridine rings is 1. The second-order valence-electron chi connectivity index (χ2n) is 4.88. The highest BCUT2D eigenvalue weighted by Gasteiger charge is 2.04. The minimum Gasteiger partial charge on any atom is -0.370 e. The van der Waals surface area contributed by atoms with Crippen molar-refractivity contribution in [3.63, 3.8) is 0 Å². The van der Waals surface area contributed by atoms with E-state index < -0.39 is 0 Å². The molecule has 0 aliphatic heterocycles. The van der Waals surface area contributed by atoms with Crippen molar-refractivity contribution in [2.45, 2.75) is 39.8 Å². The lowest BCUT2D eigenvalue weighted by Crippen LogP contribution is -2.24. The van der Waals surface area contributed by atoms with Crippen molar-refractivity contribution in [1.82, 2.24) is 14.1 Å². The van der Waals surface area contributed by atoms with Gasteiger partial charge in [-0.1, -0.05) is 13.8 Å². The molecular formula is C15H22N4O. The first-order valence-electron chi connectivity index (χ1n) is 7.19. The summed E-state index contributed by atoms with van der Waals surface area (Å²) in [6.07, 6.45) is 7.50. The lowest BCUT2D eigenvalue weighted by molar-refractivity contribution is 0.624. The lowest BCUT2D eigenvalue weighted by atomic mass is 10.2. The van der Waals surface area contributed by atoms with E-state index in [9.17, 15) is 4.79 Å². The third-order valence-corrected chi connectivity index (χ3v) is 3.12. The Morgan fingerprint density at radius 3 is 2.75 bits per heavy atom. The zero-order chi connectivity index (χ0) is 14.4. The van der Waals surface area contributed by atoms with Gasteiger partial charge < -0.3 is 5.32 Å². The fourth-order valence-electron chi connectivity index (χ4n) is 2.10. The predicted octanol–water partition coefficient (Wildman–Crippen LogP) is 2.33. The number of imidazole rings is 1. The van der Waals surface area contributed by atoms with Crippen LogP contribution in [0, 0.1) is 0 Å². The first-order chi connectivity index (χ1) is 9.74. The maximum atomic E-state index is 12.1. The highest BCUT2D eigenvalue weighted by Crippen LogP contribution is 2.08. The van der Waals surface area contributed by atoms with Gasteiger partial charge in [0.05, 0.1) is 6.54 Å². The number of anilines is 1. The molecule has 0 aromatic carbocycles. The van der Waals surface area contributed by atoms with E-state index in [4.69, 9.17) is 0 Å². The maximum absolute atomic E-state index is 12.1. The Kier molecular flexibility index (Phi) is 4.98. The Morgan fingerprint density at radius 1 is 1.20 bits per heavy atom. The van der Waals surface area contributed by atoms with Crippen LogP contribution in [0.3, 0.4) is 0 Å². The molecular weight excluding hydrogens is 252 g/mol. The van der Waals surface area contributed by atoms with E-state index in [1.807, 2.05) is 24.5 Å². The van der Waals surface area contributed by atoms with Gasteiger partial charge in [0.2, 0.25) is 0 Å². The van der Waals surface area contributed by atoms with Gasteiger partial charge in [-0.15, -0.1) is 0 Å². The molecule has 0 atom stereocenters. The second kappa shape index (κ2) is 6.93. The summed E-state index contributed by atoms with van der Waals surface area (Å²) in [5.74, 6) is 0.866. The Balaban J connectivity index is 2.11. The third kappa shape index (κ3) is 3.50. The van der Waals surface area contributed by atoms with Crippen molar-refractivity contribution in [2.75, 3.05) is 11.9 Å². The average Bonchev–Trinajstić information content (AvgIpc) is 2.79. The normalized spacial score (nSPS) is 10.7. The number of nitrogens with zero attached hydrogens (tertiary/aromatic N) is 3. The van der Waals surface area contributed by atoms with Crippen molar-refractivity contribution in [3.8, 4) is 0 Å². The SMILES string of the molecule is CCCNc1cc(Cn2ccn(CCC)c2=O)ccn1. The summed E-state index contributed by atoms with van der Waals surface area (Å²) in [6.45, 7) is 6.44. The minimum atomic E-state index is 0.0479. The maximum Gasteiger partial charge on any atom is 0.328 e. The number of aromatic nitrogens is 3. The molecule has 5 heteroatoms. The van der Waals surface area contributed by atoms with Crippen LogP contribution in [0.5, 0.6) is 0 Å². The van der Waals surface area contributed by atoms with E-state index in [0.29, 0.717) is 6.54 Å². The van der Waals surface area contributed by atoms with Gasteiger partial charge in [-0.25, -0.2) is 9.78 Å². The van der Waals surface area contributed by atoms with Crippen molar-refractivity contribution < 1.29 is 0 Å². The smallest absolute Gasteiger partial charge is 0.328 e. The molecule has 2 aromatic heterocycles. The molecule has 0 saturated carbocycles. The molecule has 0 unspecified atom stereocenters. The Labute approximate surface area is 119 Å². The molecule has 0 spiro atoms. The second-order valence-corrected chi connectivity index (χ2v) is 4.88. The van der Waals surface area contributed by atoms with Gasteiger partial charge in [-0.05, 0) is 30.5 Å². The van der Waals surface area contributed by atoms with Gasteiger partial charge >= 0.3 is 5.69 Å². The van der Waals surface area contributed by atoms with Crippen LogP contribution in [0.25, 0.3) is 0 Å². The van der Waals surface area contributed by atoms with E-state index in [-0.39, 0.29) is 5.69 Å². The van der Waals surface area contributed by atoms with Crippen LogP contribution in [0.1, 0.15) is 32.3 Å². The first-order valence-corrected chi connectivity index (χ1v) is 7.19. The molecule has 0 fully saturated rings. The van der Waals surface area contributed by atoms with Crippen LogP contribution in [-0.2, 0) is 13.1 Å². The topological polar surface area (TPSA) is 51.9 Å². The molecule has 20 heavy (non-hydrogen) atoms. The molecule has 108 valence electrons. The van der Waals surface area contributed by atoms with Gasteiger partial charge in [0.25, 0.3) is 0 Å². The molecule has 0 aliphatic carbocycles. The lowest BCUT2D eigenvalue weighted by Gasteiger charge is -2.06. The van der Waals surface area contributed by atoms with Crippen LogP contribution >= 0.6 is 0 Å².